The zero-order valence-corrected chi connectivity index (χ0v) is 28.0. The molecule has 12 nitrogen and oxygen atoms in total. The van der Waals surface area contributed by atoms with Crippen molar-refractivity contribution in [3.8, 4) is 17.2 Å². The summed E-state index contributed by atoms with van der Waals surface area (Å²) in [5, 5.41) is 11.1. The molecule has 3 aromatic rings. The fraction of sp³-hybridized carbons (Fsp3) is 0.375. The van der Waals surface area contributed by atoms with E-state index in [-0.39, 0.29) is 65.4 Å². The molecule has 0 aliphatic carbocycles. The number of aliphatic hydroxyl groups excluding tert-OH is 1. The third kappa shape index (κ3) is 5.74. The first-order valence-electron chi connectivity index (χ1n) is 15.0. The fourth-order valence-electron chi connectivity index (χ4n) is 6.84. The van der Waals surface area contributed by atoms with Crippen LogP contribution < -0.4 is 24.2 Å². The molecule has 0 bridgehead atoms. The number of rotatable bonds is 8. The van der Waals surface area contributed by atoms with Crippen molar-refractivity contribution in [3.05, 3.63) is 76.3 Å². The number of carbonyl (C=O) groups excluding carboxylic acids is 2. The van der Waals surface area contributed by atoms with E-state index in [0.717, 1.165) is 18.2 Å². The number of methoxy groups -OCH3 is 2. The zero-order chi connectivity index (χ0) is 35.6. The maximum absolute atomic E-state index is 15.4. The van der Waals surface area contributed by atoms with Crippen LogP contribution in [0.5, 0.6) is 17.2 Å². The van der Waals surface area contributed by atoms with Crippen molar-refractivity contribution in [1.29, 1.82) is 0 Å². The normalized spacial score (nSPS) is 23.0. The first-order valence-corrected chi connectivity index (χ1v) is 16.8. The number of benzene rings is 3. The van der Waals surface area contributed by atoms with Crippen LogP contribution in [0.3, 0.4) is 0 Å². The van der Waals surface area contributed by atoms with Gasteiger partial charge >= 0.3 is 6.36 Å². The van der Waals surface area contributed by atoms with Crippen LogP contribution in [0.25, 0.3) is 0 Å². The van der Waals surface area contributed by atoms with Gasteiger partial charge in [0.2, 0.25) is 5.91 Å². The van der Waals surface area contributed by atoms with Gasteiger partial charge in [0.05, 0.1) is 32.1 Å². The number of hydrogen-bond donors (Lipinski definition) is 2. The lowest BCUT2D eigenvalue weighted by molar-refractivity contribution is -0.275. The minimum absolute atomic E-state index is 0.00325. The van der Waals surface area contributed by atoms with E-state index in [1.165, 1.54) is 42.2 Å². The number of aryl methyl sites for hydroxylation is 1. The summed E-state index contributed by atoms with van der Waals surface area (Å²) in [5.74, 6) is -2.77. The summed E-state index contributed by atoms with van der Waals surface area (Å²) in [5.41, 5.74) is 4.24. The Morgan fingerprint density at radius 2 is 1.71 bits per heavy atom. The molecule has 3 atom stereocenters. The van der Waals surface area contributed by atoms with Gasteiger partial charge in [-0.25, -0.2) is 12.7 Å². The van der Waals surface area contributed by atoms with Gasteiger partial charge in [-0.2, -0.15) is 0 Å². The molecule has 2 saturated heterocycles. The standard InChI is InChI=1S/C32H32ClF3N4O8S/c1-17-4-8-26(47-3)23(10-17)31(39-16-20(41)12-25(39)29(42)38-14-19(37)15-38)22-11-18(33)5-7-24(22)40(30(31)43)49(44,45)28-9-6-21(46-2)13-27(28)48-32(34,35)36/h4-11,13,19-20,25,41H,12,14-16,37H2,1-3H3/t20-,25+,31?/m1/s1. The molecule has 3 aliphatic heterocycles. The topological polar surface area (TPSA) is 152 Å². The summed E-state index contributed by atoms with van der Waals surface area (Å²) in [6, 6.07) is 10.1. The number of ether oxygens (including phenoxy) is 3. The maximum Gasteiger partial charge on any atom is 0.573 e. The third-order valence-corrected chi connectivity index (χ3v) is 10.9. The Labute approximate surface area is 284 Å². The molecule has 49 heavy (non-hydrogen) atoms. The van der Waals surface area contributed by atoms with Crippen LogP contribution in [0, 0.1) is 6.92 Å². The van der Waals surface area contributed by atoms with E-state index in [4.69, 9.17) is 26.8 Å². The van der Waals surface area contributed by atoms with Gasteiger partial charge in [-0.05, 0) is 55.8 Å². The summed E-state index contributed by atoms with van der Waals surface area (Å²) in [4.78, 5) is 31.3. The second-order valence-corrected chi connectivity index (χ2v) is 14.3. The van der Waals surface area contributed by atoms with Gasteiger partial charge in [0.25, 0.3) is 15.9 Å². The van der Waals surface area contributed by atoms with Crippen molar-refractivity contribution in [1.82, 2.24) is 9.80 Å². The van der Waals surface area contributed by atoms with Crippen LogP contribution in [-0.4, -0.2) is 93.5 Å². The summed E-state index contributed by atoms with van der Waals surface area (Å²) < 4.78 is 85.2. The largest absolute Gasteiger partial charge is 0.573 e. The Kier molecular flexibility index (Phi) is 8.76. The van der Waals surface area contributed by atoms with Crippen LogP contribution >= 0.6 is 11.6 Å². The maximum atomic E-state index is 15.4. The number of nitrogens with two attached hydrogens (primary N) is 1. The van der Waals surface area contributed by atoms with Crippen molar-refractivity contribution in [2.45, 2.75) is 48.3 Å². The summed E-state index contributed by atoms with van der Waals surface area (Å²) in [7, 11) is -2.72. The fourth-order valence-corrected chi connectivity index (χ4v) is 8.57. The SMILES string of the molecule is COc1ccc(S(=O)(=O)N2C(=O)C(c3cc(C)ccc3OC)(N3C[C@H](O)C[C@H]3C(=O)N3CC(N)C3)c3cc(Cl)ccc32)c(OC(F)(F)F)c1. The molecule has 3 aromatic carbocycles. The lowest BCUT2D eigenvalue weighted by Gasteiger charge is -2.45. The number of amides is 2. The van der Waals surface area contributed by atoms with Crippen molar-refractivity contribution in [2.75, 3.05) is 38.2 Å². The Balaban J connectivity index is 1.64. The molecule has 1 unspecified atom stereocenters. The molecule has 262 valence electrons. The molecule has 3 N–H and O–H groups in total. The van der Waals surface area contributed by atoms with E-state index in [9.17, 15) is 31.5 Å². The minimum atomic E-state index is -5.31. The highest BCUT2D eigenvalue weighted by molar-refractivity contribution is 7.93. The Morgan fingerprint density at radius 1 is 1.00 bits per heavy atom. The highest BCUT2D eigenvalue weighted by Crippen LogP contribution is 2.55. The van der Waals surface area contributed by atoms with E-state index in [1.807, 2.05) is 0 Å². The van der Waals surface area contributed by atoms with Gasteiger partial charge in [0.15, 0.2) is 11.3 Å². The number of anilines is 1. The number of halogens is 4. The lowest BCUT2D eigenvalue weighted by Crippen LogP contribution is -2.64. The van der Waals surface area contributed by atoms with E-state index in [0.29, 0.717) is 9.87 Å². The summed E-state index contributed by atoms with van der Waals surface area (Å²) >= 11 is 6.51. The molecular formula is C32H32ClF3N4O8S. The van der Waals surface area contributed by atoms with E-state index >= 15 is 4.79 Å². The molecule has 3 aliphatic rings. The van der Waals surface area contributed by atoms with E-state index in [1.54, 1.807) is 25.1 Å². The highest BCUT2D eigenvalue weighted by atomic mass is 35.5. The van der Waals surface area contributed by atoms with Gasteiger partial charge in [-0.1, -0.05) is 23.2 Å². The monoisotopic (exact) mass is 724 g/mol. The second kappa shape index (κ2) is 12.4. The molecule has 0 saturated carbocycles. The average Bonchev–Trinajstić information content (AvgIpc) is 3.52. The zero-order valence-electron chi connectivity index (χ0n) is 26.4. The first kappa shape index (κ1) is 34.8. The quantitative estimate of drug-likeness (QED) is 0.355. The lowest BCUT2D eigenvalue weighted by atomic mass is 9.80. The second-order valence-electron chi connectivity index (χ2n) is 12.1. The number of fused-ring (bicyclic) bond motifs is 1. The molecule has 0 radical (unpaired) electrons. The van der Waals surface area contributed by atoms with Crippen molar-refractivity contribution < 1.29 is 50.5 Å². The molecule has 17 heteroatoms. The van der Waals surface area contributed by atoms with E-state index in [2.05, 4.69) is 4.74 Å². The van der Waals surface area contributed by atoms with Gasteiger partial charge in [-0.15, -0.1) is 13.2 Å². The Bertz CT molecular complexity index is 1940. The van der Waals surface area contributed by atoms with Crippen LogP contribution in [0.2, 0.25) is 5.02 Å². The van der Waals surface area contributed by atoms with Gasteiger partial charge in [0, 0.05) is 47.9 Å². The van der Waals surface area contributed by atoms with Gasteiger partial charge in [-0.3, -0.25) is 14.5 Å². The Morgan fingerprint density at radius 3 is 2.35 bits per heavy atom. The number of alkyl halides is 3. The molecule has 3 heterocycles. The smallest absolute Gasteiger partial charge is 0.497 e. The number of nitrogens with zero attached hydrogens (tertiary/aromatic N) is 3. The van der Waals surface area contributed by atoms with Gasteiger partial charge < -0.3 is 30.0 Å². The van der Waals surface area contributed by atoms with Crippen LogP contribution in [0.1, 0.15) is 23.1 Å². The summed E-state index contributed by atoms with van der Waals surface area (Å²) in [6.07, 6.45) is -6.56. The van der Waals surface area contributed by atoms with Crippen LogP contribution in [0.4, 0.5) is 18.9 Å². The minimum Gasteiger partial charge on any atom is -0.497 e. The number of likely N-dealkylation sites (tertiary alicyclic amines) is 2. The number of sulfonamides is 1. The molecule has 6 rings (SSSR count). The first-order chi connectivity index (χ1) is 23.0. The molecular weight excluding hydrogens is 693 g/mol. The predicted octanol–water partition coefficient (Wildman–Crippen LogP) is 3.15. The molecule has 0 spiro atoms. The number of carbonyl (C=O) groups is 2. The Hall–Kier alpha value is -4.09. The molecule has 2 amide bonds. The molecule has 0 aromatic heterocycles. The average molecular weight is 725 g/mol. The predicted molar refractivity (Wildman–Crippen MR) is 170 cm³/mol. The number of hydrogen-bond acceptors (Lipinski definition) is 10. The number of aliphatic hydroxyl groups is 1. The van der Waals surface area contributed by atoms with Crippen LogP contribution in [0.15, 0.2) is 59.5 Å². The third-order valence-electron chi connectivity index (χ3n) is 8.92. The summed E-state index contributed by atoms with van der Waals surface area (Å²) in [6.45, 7) is 1.92. The van der Waals surface area contributed by atoms with Crippen molar-refractivity contribution >= 4 is 39.1 Å². The van der Waals surface area contributed by atoms with E-state index < -0.39 is 56.5 Å². The highest BCUT2D eigenvalue weighted by Gasteiger charge is 2.64. The molecule has 2 fully saturated rings. The van der Waals surface area contributed by atoms with Crippen molar-refractivity contribution in [2.24, 2.45) is 5.73 Å². The van der Waals surface area contributed by atoms with Crippen molar-refractivity contribution in [3.63, 3.8) is 0 Å². The van der Waals surface area contributed by atoms with Gasteiger partial charge in [0.1, 0.15) is 16.4 Å². The number of β-amino-alcohol motifs (C(OH)–C–C–N with tert-alkyl or cyclic N) is 1. The van der Waals surface area contributed by atoms with Crippen LogP contribution in [-0.2, 0) is 25.2 Å².